The minimum atomic E-state index is -0.444. The zero-order chi connectivity index (χ0) is 7.44. The molecule has 0 aliphatic heterocycles. The molecule has 54 valence electrons. The summed E-state index contributed by atoms with van der Waals surface area (Å²) in [6.07, 6.45) is 0. The second kappa shape index (κ2) is 3.24. The second-order valence-corrected chi connectivity index (χ2v) is 2.12. The number of nitrogens with zero attached hydrogens (tertiary/aromatic N) is 3. The van der Waals surface area contributed by atoms with Gasteiger partial charge >= 0.3 is 0 Å². The first-order valence-electron chi connectivity index (χ1n) is 2.54. The van der Waals surface area contributed by atoms with Crippen molar-refractivity contribution in [2.75, 3.05) is 27.8 Å². The van der Waals surface area contributed by atoms with Gasteiger partial charge in [-0.1, -0.05) is 0 Å². The Labute approximate surface area is 54.0 Å². The fourth-order valence-electron chi connectivity index (χ4n) is 0.461. The van der Waals surface area contributed by atoms with Crippen LogP contribution in [0.1, 0.15) is 0 Å². The van der Waals surface area contributed by atoms with Crippen LogP contribution in [0.2, 0.25) is 0 Å². The first-order valence-corrected chi connectivity index (χ1v) is 2.54. The molecule has 0 aromatic carbocycles. The molecule has 5 heteroatoms. The lowest BCUT2D eigenvalue weighted by Crippen LogP contribution is -2.34. The van der Waals surface area contributed by atoms with E-state index < -0.39 is 5.03 Å². The van der Waals surface area contributed by atoms with Crippen molar-refractivity contribution in [1.82, 2.24) is 9.91 Å². The van der Waals surface area contributed by atoms with Crippen molar-refractivity contribution in [1.29, 1.82) is 0 Å². The second-order valence-electron chi connectivity index (χ2n) is 2.12. The highest BCUT2D eigenvalue weighted by Crippen LogP contribution is 1.82. The maximum atomic E-state index is 9.94. The highest BCUT2D eigenvalue weighted by molar-refractivity contribution is 4.31. The molecular weight excluding hydrogens is 122 g/mol. The van der Waals surface area contributed by atoms with Gasteiger partial charge in [-0.25, -0.2) is 10.1 Å². The predicted molar refractivity (Wildman–Crippen MR) is 33.3 cm³/mol. The number of rotatable bonds is 3. The molecule has 0 unspecified atom stereocenters. The largest absolute Gasteiger partial charge is 0.288 e. The fraction of sp³-hybridized carbons (Fsp3) is 1.00. The van der Waals surface area contributed by atoms with Gasteiger partial charge in [0.1, 0.15) is 6.67 Å². The van der Waals surface area contributed by atoms with E-state index in [1.165, 1.54) is 7.05 Å². The van der Waals surface area contributed by atoms with Crippen LogP contribution in [0.4, 0.5) is 0 Å². The molecule has 0 amide bonds. The van der Waals surface area contributed by atoms with E-state index in [2.05, 4.69) is 0 Å². The van der Waals surface area contributed by atoms with Crippen molar-refractivity contribution in [3.05, 3.63) is 10.1 Å². The monoisotopic (exact) mass is 133 g/mol. The summed E-state index contributed by atoms with van der Waals surface area (Å²) >= 11 is 0. The van der Waals surface area contributed by atoms with E-state index in [4.69, 9.17) is 0 Å². The Morgan fingerprint density at radius 2 is 1.89 bits per heavy atom. The SMILES string of the molecule is CN(C)CN(C)[N+](=O)[O-]. The minimum absolute atomic E-state index is 0.340. The van der Waals surface area contributed by atoms with Gasteiger partial charge in [-0.15, -0.1) is 5.01 Å². The molecule has 0 aromatic rings. The molecular formula is C4H11N3O2. The molecule has 0 aliphatic rings. The Kier molecular flexibility index (Phi) is 2.94. The average Bonchev–Trinajstić information content (AvgIpc) is 1.63. The zero-order valence-corrected chi connectivity index (χ0v) is 5.87. The molecule has 0 bridgehead atoms. The van der Waals surface area contributed by atoms with Crippen LogP contribution < -0.4 is 0 Å². The van der Waals surface area contributed by atoms with Crippen LogP contribution in [0, 0.1) is 10.1 Å². The summed E-state index contributed by atoms with van der Waals surface area (Å²) in [4.78, 5) is 11.7. The van der Waals surface area contributed by atoms with Crippen molar-refractivity contribution in [2.45, 2.75) is 0 Å². The topological polar surface area (TPSA) is 49.6 Å². The Balaban J connectivity index is 3.50. The van der Waals surface area contributed by atoms with Gasteiger partial charge in [0.25, 0.3) is 0 Å². The molecule has 0 fully saturated rings. The van der Waals surface area contributed by atoms with Gasteiger partial charge in [0.15, 0.2) is 5.03 Å². The number of hydrogen-bond donors (Lipinski definition) is 0. The van der Waals surface area contributed by atoms with Crippen molar-refractivity contribution in [3.8, 4) is 0 Å². The van der Waals surface area contributed by atoms with Crippen LogP contribution >= 0.6 is 0 Å². The van der Waals surface area contributed by atoms with Gasteiger partial charge in [-0.3, -0.25) is 4.90 Å². The quantitative estimate of drug-likeness (QED) is 0.299. The lowest BCUT2D eigenvalue weighted by atomic mass is 10.8. The molecule has 0 aliphatic carbocycles. The fourth-order valence-corrected chi connectivity index (χ4v) is 0.461. The number of nitro groups is 1. The van der Waals surface area contributed by atoms with Gasteiger partial charge in [0.05, 0.1) is 7.05 Å². The highest BCUT2D eigenvalue weighted by atomic mass is 16.7. The Morgan fingerprint density at radius 1 is 1.44 bits per heavy atom. The number of hydrazine groups is 1. The van der Waals surface area contributed by atoms with Crippen LogP contribution in [0.3, 0.4) is 0 Å². The maximum Gasteiger partial charge on any atom is 0.161 e. The zero-order valence-electron chi connectivity index (χ0n) is 5.87. The predicted octanol–water partition coefficient (Wildman–Crippen LogP) is -0.371. The van der Waals surface area contributed by atoms with E-state index in [1.54, 1.807) is 19.0 Å². The van der Waals surface area contributed by atoms with Crippen LogP contribution in [0.5, 0.6) is 0 Å². The van der Waals surface area contributed by atoms with Crippen LogP contribution in [0.25, 0.3) is 0 Å². The minimum Gasteiger partial charge on any atom is -0.288 e. The van der Waals surface area contributed by atoms with Crippen LogP contribution in [0.15, 0.2) is 0 Å². The van der Waals surface area contributed by atoms with Crippen LogP contribution in [-0.4, -0.2) is 42.8 Å². The van der Waals surface area contributed by atoms with Crippen LogP contribution in [-0.2, 0) is 0 Å². The van der Waals surface area contributed by atoms with E-state index in [9.17, 15) is 10.1 Å². The summed E-state index contributed by atoms with van der Waals surface area (Å²) in [6.45, 7) is 0.340. The summed E-state index contributed by atoms with van der Waals surface area (Å²) in [5, 5.41) is 10.5. The van der Waals surface area contributed by atoms with Gasteiger partial charge < -0.3 is 0 Å². The van der Waals surface area contributed by atoms with E-state index >= 15 is 0 Å². The third kappa shape index (κ3) is 3.72. The molecule has 0 heterocycles. The molecule has 0 radical (unpaired) electrons. The average molecular weight is 133 g/mol. The van der Waals surface area contributed by atoms with Gasteiger partial charge in [0.2, 0.25) is 0 Å². The highest BCUT2D eigenvalue weighted by Gasteiger charge is 2.05. The molecule has 0 spiro atoms. The Hall–Kier alpha value is -0.840. The molecule has 0 saturated heterocycles. The molecule has 5 nitrogen and oxygen atoms in total. The van der Waals surface area contributed by atoms with E-state index in [0.29, 0.717) is 6.67 Å². The van der Waals surface area contributed by atoms with Crippen molar-refractivity contribution in [3.63, 3.8) is 0 Å². The summed E-state index contributed by atoms with van der Waals surface area (Å²) < 4.78 is 0. The summed E-state index contributed by atoms with van der Waals surface area (Å²) in [6, 6.07) is 0. The third-order valence-electron chi connectivity index (χ3n) is 0.766. The van der Waals surface area contributed by atoms with Gasteiger partial charge in [0, 0.05) is 0 Å². The Bertz CT molecular complexity index is 104. The molecule has 0 aromatic heterocycles. The maximum absolute atomic E-state index is 9.94. The molecule has 0 rings (SSSR count). The summed E-state index contributed by atoms with van der Waals surface area (Å²) in [7, 11) is 4.99. The molecule has 0 saturated carbocycles. The van der Waals surface area contributed by atoms with Gasteiger partial charge in [-0.05, 0) is 14.1 Å². The normalized spacial score (nSPS) is 9.78. The lowest BCUT2D eigenvalue weighted by molar-refractivity contribution is -0.652. The smallest absolute Gasteiger partial charge is 0.161 e. The van der Waals surface area contributed by atoms with Crippen molar-refractivity contribution < 1.29 is 5.03 Å². The summed E-state index contributed by atoms with van der Waals surface area (Å²) in [5.74, 6) is 0. The van der Waals surface area contributed by atoms with Gasteiger partial charge in [-0.2, -0.15) is 0 Å². The first kappa shape index (κ1) is 8.16. The van der Waals surface area contributed by atoms with Crippen molar-refractivity contribution >= 4 is 0 Å². The molecule has 0 N–H and O–H groups in total. The molecule has 0 atom stereocenters. The third-order valence-corrected chi connectivity index (χ3v) is 0.766. The van der Waals surface area contributed by atoms with E-state index in [0.717, 1.165) is 5.01 Å². The molecule has 9 heavy (non-hydrogen) atoms. The summed E-state index contributed by atoms with van der Waals surface area (Å²) in [5.41, 5.74) is 0. The van der Waals surface area contributed by atoms with Crippen molar-refractivity contribution in [2.24, 2.45) is 0 Å². The van der Waals surface area contributed by atoms with E-state index in [-0.39, 0.29) is 0 Å². The van der Waals surface area contributed by atoms with E-state index in [1.807, 2.05) is 0 Å². The number of hydrogen-bond acceptors (Lipinski definition) is 3. The first-order chi connectivity index (χ1) is 4.04. The lowest BCUT2D eigenvalue weighted by Gasteiger charge is -2.12. The standard InChI is InChI=1S/C4H11N3O2/c1-5(2)4-6(3)7(8)9/h4H2,1-3H3. The Morgan fingerprint density at radius 3 is 2.00 bits per heavy atom.